The summed E-state index contributed by atoms with van der Waals surface area (Å²) in [6.45, 7) is 3.93. The number of thiocarbonyl (C=S) groups is 1. The fourth-order valence-corrected chi connectivity index (χ4v) is 2.93. The van der Waals surface area contributed by atoms with Gasteiger partial charge in [-0.2, -0.15) is 0 Å². The van der Waals surface area contributed by atoms with Crippen LogP contribution < -0.4 is 20.9 Å². The number of aromatic nitrogens is 1. The number of H-pyrrole nitrogens is 1. The van der Waals surface area contributed by atoms with E-state index in [9.17, 15) is 9.90 Å². The lowest BCUT2D eigenvalue weighted by atomic mass is 9.88. The molecule has 7 heteroatoms. The fourth-order valence-electron chi connectivity index (χ4n) is 2.67. The molecule has 24 heavy (non-hydrogen) atoms. The van der Waals surface area contributed by atoms with E-state index in [4.69, 9.17) is 12.2 Å². The van der Waals surface area contributed by atoms with Crippen molar-refractivity contribution in [2.24, 2.45) is 5.92 Å². The molecular weight excluding hydrogens is 324 g/mol. The van der Waals surface area contributed by atoms with E-state index in [0.29, 0.717) is 16.6 Å². The Hall–Kier alpha value is -2.93. The Balaban J connectivity index is 1.90. The summed E-state index contributed by atoms with van der Waals surface area (Å²) >= 11 is 5.18. The minimum absolute atomic E-state index is 0.125. The molecule has 0 saturated carbocycles. The van der Waals surface area contributed by atoms with Crippen LogP contribution in [-0.4, -0.2) is 16.1 Å². The van der Waals surface area contributed by atoms with Crippen LogP contribution in [0.25, 0.3) is 0 Å². The predicted molar refractivity (Wildman–Crippen MR) is 94.0 cm³/mol. The maximum atomic E-state index is 12.8. The Morgan fingerprint density at radius 1 is 1.29 bits per heavy atom. The lowest BCUT2D eigenvalue weighted by Crippen LogP contribution is -2.51. The SMILES string of the molecule is C=C1NC(=S)NC(c2cccc(O)c2)C1C(=O)Nc1cccc[nH+]1. The zero-order chi connectivity index (χ0) is 17.1. The minimum Gasteiger partial charge on any atom is -0.508 e. The van der Waals surface area contributed by atoms with Crippen LogP contribution in [0.3, 0.4) is 0 Å². The number of phenols is 1. The van der Waals surface area contributed by atoms with Crippen LogP contribution in [0.5, 0.6) is 5.75 Å². The molecule has 1 saturated heterocycles. The monoisotopic (exact) mass is 341 g/mol. The number of anilines is 1. The maximum absolute atomic E-state index is 12.8. The van der Waals surface area contributed by atoms with Crippen LogP contribution >= 0.6 is 12.2 Å². The molecule has 2 atom stereocenters. The van der Waals surface area contributed by atoms with E-state index in [1.165, 1.54) is 0 Å². The number of nitrogens with one attached hydrogen (secondary N) is 4. The summed E-state index contributed by atoms with van der Waals surface area (Å²) in [5.74, 6) is -0.136. The Morgan fingerprint density at radius 3 is 2.83 bits per heavy atom. The Morgan fingerprint density at radius 2 is 2.12 bits per heavy atom. The van der Waals surface area contributed by atoms with Crippen LogP contribution in [0.4, 0.5) is 5.82 Å². The topological polar surface area (TPSA) is 87.5 Å². The average Bonchev–Trinajstić information content (AvgIpc) is 2.55. The van der Waals surface area contributed by atoms with E-state index in [1.54, 1.807) is 30.5 Å². The number of aromatic amines is 1. The summed E-state index contributed by atoms with van der Waals surface area (Å²) in [5, 5.41) is 18.9. The number of hydrogen-bond acceptors (Lipinski definition) is 3. The average molecular weight is 341 g/mol. The number of aromatic hydroxyl groups is 1. The van der Waals surface area contributed by atoms with Crippen molar-refractivity contribution < 1.29 is 14.9 Å². The van der Waals surface area contributed by atoms with Gasteiger partial charge < -0.3 is 15.7 Å². The van der Waals surface area contributed by atoms with E-state index in [0.717, 1.165) is 5.56 Å². The number of amides is 1. The summed E-state index contributed by atoms with van der Waals surface area (Å²) in [5.41, 5.74) is 1.25. The van der Waals surface area contributed by atoms with Crippen molar-refractivity contribution in [1.82, 2.24) is 10.6 Å². The molecule has 2 heterocycles. The molecule has 0 bridgehead atoms. The molecule has 122 valence electrons. The molecule has 0 spiro atoms. The first kappa shape index (κ1) is 15.9. The molecule has 1 aromatic heterocycles. The Labute approximate surface area is 144 Å². The standard InChI is InChI=1S/C17H16N4O2S/c1-10-14(16(23)20-13-7-2-3-8-18-13)15(21-17(24)19-10)11-5-4-6-12(22)9-11/h2-9,14-15,22H,1H2,(H,18,20,23)(H2,19,21,24)/p+1. The van der Waals surface area contributed by atoms with E-state index in [1.807, 2.05) is 18.2 Å². The highest BCUT2D eigenvalue weighted by Gasteiger charge is 2.39. The van der Waals surface area contributed by atoms with Gasteiger partial charge in [0.15, 0.2) is 5.11 Å². The third kappa shape index (κ3) is 3.36. The van der Waals surface area contributed by atoms with Crippen molar-refractivity contribution in [2.75, 3.05) is 5.32 Å². The predicted octanol–water partition coefficient (Wildman–Crippen LogP) is 1.49. The highest BCUT2D eigenvalue weighted by atomic mass is 32.1. The summed E-state index contributed by atoms with van der Waals surface area (Å²) in [7, 11) is 0. The quantitative estimate of drug-likeness (QED) is 0.636. The molecule has 3 rings (SSSR count). The smallest absolute Gasteiger partial charge is 0.318 e. The number of carbonyl (C=O) groups excluding carboxylic acids is 1. The van der Waals surface area contributed by atoms with Crippen LogP contribution in [0, 0.1) is 5.92 Å². The third-order valence-electron chi connectivity index (χ3n) is 3.75. The lowest BCUT2D eigenvalue weighted by molar-refractivity contribution is -0.360. The van der Waals surface area contributed by atoms with Gasteiger partial charge in [0.1, 0.15) is 11.7 Å². The lowest BCUT2D eigenvalue weighted by Gasteiger charge is -2.34. The van der Waals surface area contributed by atoms with E-state index >= 15 is 0 Å². The van der Waals surface area contributed by atoms with Crippen molar-refractivity contribution >= 4 is 29.1 Å². The summed E-state index contributed by atoms with van der Waals surface area (Å²) in [6, 6.07) is 11.7. The van der Waals surface area contributed by atoms with Crippen molar-refractivity contribution in [2.45, 2.75) is 6.04 Å². The van der Waals surface area contributed by atoms with Gasteiger partial charge in [-0.15, -0.1) is 0 Å². The highest BCUT2D eigenvalue weighted by molar-refractivity contribution is 7.80. The number of benzene rings is 1. The normalized spacial score (nSPS) is 20.0. The van der Waals surface area contributed by atoms with Crippen LogP contribution in [0.2, 0.25) is 0 Å². The summed E-state index contributed by atoms with van der Waals surface area (Å²) in [6.07, 6.45) is 1.73. The number of carbonyl (C=O) groups is 1. The highest BCUT2D eigenvalue weighted by Crippen LogP contribution is 2.31. The minimum atomic E-state index is -0.605. The van der Waals surface area contributed by atoms with Crippen molar-refractivity contribution in [3.63, 3.8) is 0 Å². The van der Waals surface area contributed by atoms with Gasteiger partial charge in [-0.3, -0.25) is 0 Å². The third-order valence-corrected chi connectivity index (χ3v) is 3.97. The van der Waals surface area contributed by atoms with Gasteiger partial charge in [-0.1, -0.05) is 24.8 Å². The number of pyridine rings is 1. The first-order chi connectivity index (χ1) is 11.5. The van der Waals surface area contributed by atoms with Crippen molar-refractivity contribution in [1.29, 1.82) is 0 Å². The second-order valence-electron chi connectivity index (χ2n) is 5.44. The van der Waals surface area contributed by atoms with Gasteiger partial charge in [0.05, 0.1) is 12.2 Å². The van der Waals surface area contributed by atoms with Gasteiger partial charge >= 0.3 is 5.91 Å². The molecule has 2 aromatic rings. The van der Waals surface area contributed by atoms with Gasteiger partial charge in [0, 0.05) is 11.8 Å². The molecule has 1 aromatic carbocycles. The molecule has 2 unspecified atom stereocenters. The zero-order valence-corrected chi connectivity index (χ0v) is 13.6. The second kappa shape index (κ2) is 6.67. The summed E-state index contributed by atoms with van der Waals surface area (Å²) in [4.78, 5) is 15.7. The second-order valence-corrected chi connectivity index (χ2v) is 5.85. The molecule has 1 aliphatic rings. The Kier molecular flexibility index (Phi) is 4.43. The van der Waals surface area contributed by atoms with Crippen molar-refractivity contribution in [3.8, 4) is 5.75 Å². The van der Waals surface area contributed by atoms with Gasteiger partial charge in [-0.05, 0) is 36.0 Å². The van der Waals surface area contributed by atoms with Gasteiger partial charge in [-0.25, -0.2) is 15.1 Å². The summed E-state index contributed by atoms with van der Waals surface area (Å²) < 4.78 is 0. The van der Waals surface area contributed by atoms with Gasteiger partial charge in [0.2, 0.25) is 0 Å². The fraction of sp³-hybridized carbons (Fsp3) is 0.118. The number of hydrogen-bond donors (Lipinski definition) is 4. The van der Waals surface area contributed by atoms with E-state index in [-0.39, 0.29) is 11.7 Å². The first-order valence-corrected chi connectivity index (χ1v) is 7.78. The largest absolute Gasteiger partial charge is 0.508 e. The molecule has 6 nitrogen and oxygen atoms in total. The molecule has 0 aliphatic carbocycles. The molecule has 1 aliphatic heterocycles. The van der Waals surface area contributed by atoms with Crippen LogP contribution in [0.1, 0.15) is 11.6 Å². The molecule has 5 N–H and O–H groups in total. The van der Waals surface area contributed by atoms with E-state index < -0.39 is 12.0 Å². The molecule has 1 amide bonds. The Bertz CT molecular complexity index is 794. The van der Waals surface area contributed by atoms with Crippen molar-refractivity contribution in [3.05, 3.63) is 66.5 Å². The molecular formula is C17H17N4O2S+. The molecule has 0 radical (unpaired) electrons. The number of rotatable bonds is 3. The first-order valence-electron chi connectivity index (χ1n) is 7.37. The number of phenolic OH excluding ortho intramolecular Hbond substituents is 1. The van der Waals surface area contributed by atoms with Crippen LogP contribution in [0.15, 0.2) is 60.9 Å². The van der Waals surface area contributed by atoms with Crippen LogP contribution in [-0.2, 0) is 4.79 Å². The molecule has 1 fully saturated rings. The maximum Gasteiger partial charge on any atom is 0.318 e. The van der Waals surface area contributed by atoms with E-state index in [2.05, 4.69) is 27.5 Å². The zero-order valence-electron chi connectivity index (χ0n) is 12.7. The van der Waals surface area contributed by atoms with Gasteiger partial charge in [0.25, 0.3) is 5.82 Å².